The molecule has 3 aromatic rings. The molecular weight excluding hydrogens is 348 g/mol. The SMILES string of the molecule is CN=C(NCc1ccc(C)cc1OC(C)C)NCc1cccc2cccnc12. The van der Waals surface area contributed by atoms with Crippen molar-refractivity contribution in [3.63, 3.8) is 0 Å². The number of ether oxygens (including phenoxy) is 1. The summed E-state index contributed by atoms with van der Waals surface area (Å²) >= 11 is 0. The van der Waals surface area contributed by atoms with E-state index in [-0.39, 0.29) is 6.10 Å². The van der Waals surface area contributed by atoms with Gasteiger partial charge < -0.3 is 15.4 Å². The first-order valence-corrected chi connectivity index (χ1v) is 9.60. The number of nitrogens with zero attached hydrogens (tertiary/aromatic N) is 2. The predicted octanol–water partition coefficient (Wildman–Crippen LogP) is 4.20. The molecule has 2 aromatic carbocycles. The number of para-hydroxylation sites is 1. The van der Waals surface area contributed by atoms with Crippen LogP contribution in [0.4, 0.5) is 0 Å². The molecule has 0 aliphatic carbocycles. The predicted molar refractivity (Wildman–Crippen MR) is 116 cm³/mol. The molecule has 0 saturated heterocycles. The van der Waals surface area contributed by atoms with E-state index in [9.17, 15) is 0 Å². The van der Waals surface area contributed by atoms with Crippen LogP contribution in [0.3, 0.4) is 0 Å². The van der Waals surface area contributed by atoms with E-state index in [0.29, 0.717) is 13.1 Å². The molecule has 0 amide bonds. The monoisotopic (exact) mass is 376 g/mol. The Kier molecular flexibility index (Phi) is 6.48. The second kappa shape index (κ2) is 9.22. The molecule has 3 rings (SSSR count). The van der Waals surface area contributed by atoms with E-state index in [2.05, 4.69) is 70.0 Å². The zero-order chi connectivity index (χ0) is 19.9. The quantitative estimate of drug-likeness (QED) is 0.500. The normalized spacial score (nSPS) is 11.7. The molecule has 5 heteroatoms. The van der Waals surface area contributed by atoms with E-state index in [1.807, 2.05) is 26.1 Å². The Morgan fingerprint density at radius 3 is 2.54 bits per heavy atom. The van der Waals surface area contributed by atoms with Crippen LogP contribution in [0.25, 0.3) is 10.9 Å². The highest BCUT2D eigenvalue weighted by Gasteiger charge is 2.08. The minimum absolute atomic E-state index is 0.136. The number of guanidine groups is 1. The molecule has 28 heavy (non-hydrogen) atoms. The topological polar surface area (TPSA) is 58.5 Å². The smallest absolute Gasteiger partial charge is 0.191 e. The molecule has 2 N–H and O–H groups in total. The molecule has 0 unspecified atom stereocenters. The average Bonchev–Trinajstić information content (AvgIpc) is 2.69. The fraction of sp³-hybridized carbons (Fsp3) is 0.304. The summed E-state index contributed by atoms with van der Waals surface area (Å²) in [6.07, 6.45) is 1.96. The molecule has 0 fully saturated rings. The lowest BCUT2D eigenvalue weighted by molar-refractivity contribution is 0.239. The molecule has 146 valence electrons. The first-order chi connectivity index (χ1) is 13.6. The van der Waals surface area contributed by atoms with E-state index >= 15 is 0 Å². The van der Waals surface area contributed by atoms with Crippen LogP contribution in [0.15, 0.2) is 59.7 Å². The van der Waals surface area contributed by atoms with E-state index in [1.54, 1.807) is 7.05 Å². The average molecular weight is 377 g/mol. The fourth-order valence-electron chi connectivity index (χ4n) is 3.06. The minimum atomic E-state index is 0.136. The molecule has 0 radical (unpaired) electrons. The number of aliphatic imine (C=N–C) groups is 1. The van der Waals surface area contributed by atoms with Crippen molar-refractivity contribution in [1.82, 2.24) is 15.6 Å². The lowest BCUT2D eigenvalue weighted by Crippen LogP contribution is -2.36. The number of rotatable bonds is 6. The number of nitrogens with one attached hydrogen (secondary N) is 2. The third kappa shape index (κ3) is 5.00. The van der Waals surface area contributed by atoms with Crippen molar-refractivity contribution in [2.24, 2.45) is 4.99 Å². The zero-order valence-electron chi connectivity index (χ0n) is 17.0. The van der Waals surface area contributed by atoms with Gasteiger partial charge in [-0.3, -0.25) is 9.98 Å². The van der Waals surface area contributed by atoms with Gasteiger partial charge in [-0.25, -0.2) is 0 Å². The zero-order valence-corrected chi connectivity index (χ0v) is 17.0. The highest BCUT2D eigenvalue weighted by Crippen LogP contribution is 2.21. The van der Waals surface area contributed by atoms with Crippen molar-refractivity contribution in [3.05, 3.63) is 71.4 Å². The number of benzene rings is 2. The summed E-state index contributed by atoms with van der Waals surface area (Å²) in [5.74, 6) is 1.65. The van der Waals surface area contributed by atoms with Crippen LogP contribution in [0.2, 0.25) is 0 Å². The van der Waals surface area contributed by atoms with Crippen molar-refractivity contribution in [2.75, 3.05) is 7.05 Å². The lowest BCUT2D eigenvalue weighted by atomic mass is 10.1. The Morgan fingerprint density at radius 2 is 1.79 bits per heavy atom. The van der Waals surface area contributed by atoms with Crippen molar-refractivity contribution >= 4 is 16.9 Å². The van der Waals surface area contributed by atoms with Gasteiger partial charge in [-0.15, -0.1) is 0 Å². The van der Waals surface area contributed by atoms with Gasteiger partial charge in [-0.2, -0.15) is 0 Å². The van der Waals surface area contributed by atoms with Crippen LogP contribution in [0, 0.1) is 6.92 Å². The van der Waals surface area contributed by atoms with Crippen molar-refractivity contribution < 1.29 is 4.74 Å². The number of hydrogen-bond donors (Lipinski definition) is 2. The standard InChI is InChI=1S/C23H28N4O/c1-16(2)28-21-13-17(3)10-11-19(21)14-26-23(24-4)27-15-20-8-5-7-18-9-6-12-25-22(18)20/h5-13,16H,14-15H2,1-4H3,(H2,24,26,27). The number of fused-ring (bicyclic) bond motifs is 1. The largest absolute Gasteiger partial charge is 0.491 e. The third-order valence-corrected chi connectivity index (χ3v) is 4.42. The van der Waals surface area contributed by atoms with Crippen LogP contribution in [0.1, 0.15) is 30.5 Å². The Balaban J connectivity index is 1.66. The van der Waals surface area contributed by atoms with Gasteiger partial charge in [-0.05, 0) is 44.0 Å². The third-order valence-electron chi connectivity index (χ3n) is 4.42. The number of hydrogen-bond acceptors (Lipinski definition) is 3. The van der Waals surface area contributed by atoms with Crippen LogP contribution >= 0.6 is 0 Å². The molecule has 1 aromatic heterocycles. The summed E-state index contributed by atoms with van der Waals surface area (Å²) in [6, 6.07) is 16.5. The highest BCUT2D eigenvalue weighted by molar-refractivity contribution is 5.83. The molecular formula is C23H28N4O. The first-order valence-electron chi connectivity index (χ1n) is 9.60. The summed E-state index contributed by atoms with van der Waals surface area (Å²) < 4.78 is 5.96. The first kappa shape index (κ1) is 19.7. The molecule has 0 atom stereocenters. The van der Waals surface area contributed by atoms with Gasteiger partial charge in [0.05, 0.1) is 11.6 Å². The maximum Gasteiger partial charge on any atom is 0.191 e. The minimum Gasteiger partial charge on any atom is -0.491 e. The van der Waals surface area contributed by atoms with Gasteiger partial charge in [-0.1, -0.05) is 36.4 Å². The summed E-state index contributed by atoms with van der Waals surface area (Å²) in [6.45, 7) is 7.44. The molecule has 5 nitrogen and oxygen atoms in total. The van der Waals surface area contributed by atoms with E-state index < -0.39 is 0 Å². The van der Waals surface area contributed by atoms with Crippen molar-refractivity contribution in [2.45, 2.75) is 40.0 Å². The Morgan fingerprint density at radius 1 is 1.04 bits per heavy atom. The van der Waals surface area contributed by atoms with Gasteiger partial charge in [0.1, 0.15) is 5.75 Å². The van der Waals surface area contributed by atoms with Crippen LogP contribution in [0.5, 0.6) is 5.75 Å². The Hall–Kier alpha value is -3.08. The fourth-order valence-corrected chi connectivity index (χ4v) is 3.06. The maximum absolute atomic E-state index is 5.96. The highest BCUT2D eigenvalue weighted by atomic mass is 16.5. The van der Waals surface area contributed by atoms with E-state index in [0.717, 1.165) is 33.7 Å². The van der Waals surface area contributed by atoms with Gasteiger partial charge >= 0.3 is 0 Å². The molecule has 1 heterocycles. The maximum atomic E-state index is 5.96. The molecule has 0 aliphatic heterocycles. The van der Waals surface area contributed by atoms with Crippen molar-refractivity contribution in [1.29, 1.82) is 0 Å². The van der Waals surface area contributed by atoms with E-state index in [4.69, 9.17) is 4.74 Å². The van der Waals surface area contributed by atoms with Gasteiger partial charge in [0.25, 0.3) is 0 Å². The van der Waals surface area contributed by atoms with Crippen LogP contribution in [-0.2, 0) is 13.1 Å². The van der Waals surface area contributed by atoms with E-state index in [1.165, 1.54) is 5.56 Å². The number of aromatic nitrogens is 1. The molecule has 0 aliphatic rings. The summed E-state index contributed by atoms with van der Waals surface area (Å²) in [5.41, 5.74) is 4.44. The summed E-state index contributed by atoms with van der Waals surface area (Å²) in [4.78, 5) is 8.85. The van der Waals surface area contributed by atoms with Crippen LogP contribution in [-0.4, -0.2) is 24.1 Å². The molecule has 0 spiro atoms. The Labute approximate surface area is 166 Å². The van der Waals surface area contributed by atoms with Crippen LogP contribution < -0.4 is 15.4 Å². The van der Waals surface area contributed by atoms with Gasteiger partial charge in [0.2, 0.25) is 0 Å². The Bertz CT molecular complexity index is 960. The number of aryl methyl sites for hydroxylation is 1. The van der Waals surface area contributed by atoms with Gasteiger partial charge in [0.15, 0.2) is 5.96 Å². The second-order valence-corrected chi connectivity index (χ2v) is 7.05. The summed E-state index contributed by atoms with van der Waals surface area (Å²) in [7, 11) is 1.78. The second-order valence-electron chi connectivity index (χ2n) is 7.05. The summed E-state index contributed by atoms with van der Waals surface area (Å²) in [5, 5.41) is 7.89. The lowest BCUT2D eigenvalue weighted by Gasteiger charge is -2.17. The van der Waals surface area contributed by atoms with Crippen molar-refractivity contribution in [3.8, 4) is 5.75 Å². The molecule has 0 saturated carbocycles. The number of pyridine rings is 1. The van der Waals surface area contributed by atoms with Gasteiger partial charge in [0, 0.05) is 37.3 Å². The molecule has 0 bridgehead atoms.